The summed E-state index contributed by atoms with van der Waals surface area (Å²) in [5.74, 6) is 0.692. The first-order valence-electron chi connectivity index (χ1n) is 3.63. The van der Waals surface area contributed by atoms with E-state index in [1.807, 2.05) is 0 Å². The fourth-order valence-electron chi connectivity index (χ4n) is 1.95. The van der Waals surface area contributed by atoms with Crippen LogP contribution in [0.25, 0.3) is 0 Å². The maximum Gasteiger partial charge on any atom is 0.235 e. The molecule has 0 aliphatic heterocycles. The molecule has 0 heterocycles. The summed E-state index contributed by atoms with van der Waals surface area (Å²) in [6.07, 6.45) is 9.17. The zero-order valence-corrected chi connectivity index (χ0v) is 5.71. The lowest BCUT2D eigenvalue weighted by molar-refractivity contribution is 0.527. The molecule has 0 aromatic rings. The number of isocyanates is 1. The zero-order chi connectivity index (χ0) is 7.03. The second-order valence-electron chi connectivity index (χ2n) is 3.17. The number of hydrogen-bond acceptors (Lipinski definition) is 2. The van der Waals surface area contributed by atoms with Crippen molar-refractivity contribution in [1.82, 2.24) is 0 Å². The molecule has 1 fully saturated rings. The van der Waals surface area contributed by atoms with Crippen LogP contribution < -0.4 is 0 Å². The van der Waals surface area contributed by atoms with Crippen molar-refractivity contribution < 1.29 is 4.79 Å². The van der Waals surface area contributed by atoms with Crippen LogP contribution in [0.15, 0.2) is 17.1 Å². The first kappa shape index (κ1) is 5.87. The number of carbonyl (C=O) groups excluding carboxylic acids is 1. The minimum atomic E-state index is -0.119. The van der Waals surface area contributed by atoms with Crippen LogP contribution in [0.3, 0.4) is 0 Å². The molecule has 0 aromatic carbocycles. The van der Waals surface area contributed by atoms with Gasteiger partial charge in [0.2, 0.25) is 6.08 Å². The van der Waals surface area contributed by atoms with Crippen LogP contribution in [0.1, 0.15) is 19.3 Å². The lowest BCUT2D eigenvalue weighted by Crippen LogP contribution is -2.15. The van der Waals surface area contributed by atoms with Crippen LogP contribution in [0, 0.1) is 5.92 Å². The summed E-state index contributed by atoms with van der Waals surface area (Å²) in [6.45, 7) is 0. The SMILES string of the molecule is O=C=NC12C=CC(CC1)C2. The van der Waals surface area contributed by atoms with E-state index in [4.69, 9.17) is 0 Å². The summed E-state index contributed by atoms with van der Waals surface area (Å²) in [5.41, 5.74) is -0.119. The second kappa shape index (κ2) is 1.80. The Bertz CT molecular complexity index is 227. The fourth-order valence-corrected chi connectivity index (χ4v) is 1.95. The molecule has 0 N–H and O–H groups in total. The van der Waals surface area contributed by atoms with Crippen LogP contribution in [0.4, 0.5) is 0 Å². The van der Waals surface area contributed by atoms with Crippen molar-refractivity contribution in [2.45, 2.75) is 24.8 Å². The summed E-state index contributed by atoms with van der Waals surface area (Å²) in [4.78, 5) is 13.8. The Balaban J connectivity index is 2.32. The van der Waals surface area contributed by atoms with Crippen molar-refractivity contribution in [2.75, 3.05) is 0 Å². The molecule has 52 valence electrons. The fraction of sp³-hybridized carbons (Fsp3) is 0.625. The average molecular weight is 135 g/mol. The smallest absolute Gasteiger partial charge is 0.211 e. The number of allylic oxidation sites excluding steroid dienone is 1. The lowest BCUT2D eigenvalue weighted by atomic mass is 10.0. The van der Waals surface area contributed by atoms with Gasteiger partial charge in [0, 0.05) is 0 Å². The van der Waals surface area contributed by atoms with Gasteiger partial charge in [0.1, 0.15) is 0 Å². The number of aliphatic imine (C=N–C) groups is 1. The monoisotopic (exact) mass is 135 g/mol. The van der Waals surface area contributed by atoms with Crippen molar-refractivity contribution >= 4 is 6.08 Å². The molecule has 0 saturated heterocycles. The molecular formula is C8H9NO. The minimum Gasteiger partial charge on any atom is -0.211 e. The molecule has 2 bridgehead atoms. The standard InChI is InChI=1S/C8H9NO/c10-6-9-8-3-1-7(5-8)2-4-8/h1,3,7H,2,4-5H2. The average Bonchev–Trinajstić information content (AvgIpc) is 2.46. The van der Waals surface area contributed by atoms with E-state index in [0.717, 1.165) is 12.8 Å². The van der Waals surface area contributed by atoms with Crippen molar-refractivity contribution in [1.29, 1.82) is 0 Å². The first-order chi connectivity index (χ1) is 4.85. The Labute approximate surface area is 59.6 Å². The molecule has 0 radical (unpaired) electrons. The highest BCUT2D eigenvalue weighted by Crippen LogP contribution is 2.44. The predicted octanol–water partition coefficient (Wildman–Crippen LogP) is 1.43. The Morgan fingerprint density at radius 1 is 1.70 bits per heavy atom. The maximum atomic E-state index is 10.0. The van der Waals surface area contributed by atoms with Gasteiger partial charge in [-0.25, -0.2) is 4.79 Å². The van der Waals surface area contributed by atoms with Gasteiger partial charge in [-0.1, -0.05) is 12.2 Å². The summed E-state index contributed by atoms with van der Waals surface area (Å²) in [5, 5.41) is 0. The Hall–Kier alpha value is -0.880. The summed E-state index contributed by atoms with van der Waals surface area (Å²) in [6, 6.07) is 0. The third-order valence-corrected chi connectivity index (χ3v) is 2.51. The van der Waals surface area contributed by atoms with Crippen molar-refractivity contribution in [3.05, 3.63) is 12.2 Å². The van der Waals surface area contributed by atoms with Gasteiger partial charge in [-0.15, -0.1) is 0 Å². The Kier molecular flexibility index (Phi) is 1.06. The van der Waals surface area contributed by atoms with Crippen LogP contribution in [-0.2, 0) is 4.79 Å². The molecule has 2 rings (SSSR count). The maximum absolute atomic E-state index is 10.0. The molecule has 2 nitrogen and oxygen atoms in total. The van der Waals surface area contributed by atoms with Gasteiger partial charge >= 0.3 is 0 Å². The van der Waals surface area contributed by atoms with E-state index in [-0.39, 0.29) is 5.54 Å². The molecule has 0 amide bonds. The van der Waals surface area contributed by atoms with Gasteiger partial charge < -0.3 is 0 Å². The summed E-state index contributed by atoms with van der Waals surface area (Å²) < 4.78 is 0. The number of fused-ring (bicyclic) bond motifs is 2. The van der Waals surface area contributed by atoms with Crippen LogP contribution >= 0.6 is 0 Å². The van der Waals surface area contributed by atoms with E-state index in [2.05, 4.69) is 17.1 Å². The molecule has 2 aliphatic rings. The molecule has 0 aromatic heterocycles. The zero-order valence-electron chi connectivity index (χ0n) is 5.71. The highest BCUT2D eigenvalue weighted by molar-refractivity contribution is 5.38. The van der Waals surface area contributed by atoms with Gasteiger partial charge in [0.05, 0.1) is 5.54 Å². The van der Waals surface area contributed by atoms with Gasteiger partial charge in [0.25, 0.3) is 0 Å². The quantitative estimate of drug-likeness (QED) is 0.304. The van der Waals surface area contributed by atoms with Crippen LogP contribution in [0.5, 0.6) is 0 Å². The predicted molar refractivity (Wildman–Crippen MR) is 37.3 cm³/mol. The van der Waals surface area contributed by atoms with Crippen LogP contribution in [0.2, 0.25) is 0 Å². The summed E-state index contributed by atoms with van der Waals surface area (Å²) >= 11 is 0. The molecule has 2 unspecified atom stereocenters. The number of rotatable bonds is 1. The number of hydrogen-bond donors (Lipinski definition) is 0. The molecule has 2 heteroatoms. The van der Waals surface area contributed by atoms with Gasteiger partial charge in [-0.3, -0.25) is 0 Å². The molecule has 10 heavy (non-hydrogen) atoms. The highest BCUT2D eigenvalue weighted by atomic mass is 16.1. The molecular weight excluding hydrogens is 126 g/mol. The molecule has 0 spiro atoms. The Morgan fingerprint density at radius 2 is 2.60 bits per heavy atom. The third kappa shape index (κ3) is 0.659. The van der Waals surface area contributed by atoms with Gasteiger partial charge in [-0.05, 0) is 25.2 Å². The van der Waals surface area contributed by atoms with Crippen molar-refractivity contribution in [2.24, 2.45) is 10.9 Å². The second-order valence-corrected chi connectivity index (χ2v) is 3.17. The van der Waals surface area contributed by atoms with E-state index in [1.165, 1.54) is 6.42 Å². The van der Waals surface area contributed by atoms with Gasteiger partial charge in [-0.2, -0.15) is 4.99 Å². The van der Waals surface area contributed by atoms with Crippen molar-refractivity contribution in [3.8, 4) is 0 Å². The minimum absolute atomic E-state index is 0.119. The first-order valence-corrected chi connectivity index (χ1v) is 3.63. The van der Waals surface area contributed by atoms with Gasteiger partial charge in [0.15, 0.2) is 0 Å². The largest absolute Gasteiger partial charge is 0.235 e. The van der Waals surface area contributed by atoms with Crippen LogP contribution in [-0.4, -0.2) is 11.6 Å². The molecule has 2 aliphatic carbocycles. The summed E-state index contributed by atoms with van der Waals surface area (Å²) in [7, 11) is 0. The van der Waals surface area contributed by atoms with E-state index >= 15 is 0 Å². The molecule has 2 atom stereocenters. The van der Waals surface area contributed by atoms with E-state index in [0.29, 0.717) is 5.92 Å². The Morgan fingerprint density at radius 3 is 3.00 bits per heavy atom. The normalized spacial score (nSPS) is 41.8. The van der Waals surface area contributed by atoms with E-state index in [1.54, 1.807) is 6.08 Å². The van der Waals surface area contributed by atoms with Crippen molar-refractivity contribution in [3.63, 3.8) is 0 Å². The van der Waals surface area contributed by atoms with E-state index < -0.39 is 0 Å². The number of nitrogens with zero attached hydrogens (tertiary/aromatic N) is 1. The van der Waals surface area contributed by atoms with E-state index in [9.17, 15) is 4.79 Å². The lowest BCUT2D eigenvalue weighted by Gasteiger charge is -2.13. The third-order valence-electron chi connectivity index (χ3n) is 2.51. The topological polar surface area (TPSA) is 29.4 Å². The highest BCUT2D eigenvalue weighted by Gasteiger charge is 2.40. The molecule has 1 saturated carbocycles.